The Kier molecular flexibility index (Phi) is 4.06. The Balaban J connectivity index is 2.12. The normalized spacial score (nSPS) is 9.95. The van der Waals surface area contributed by atoms with Gasteiger partial charge in [-0.05, 0) is 24.3 Å². The summed E-state index contributed by atoms with van der Waals surface area (Å²) in [7, 11) is 1.36. The fraction of sp³-hybridized carbons (Fsp3) is 0.0833. The first-order valence-electron chi connectivity index (χ1n) is 5.59. The highest BCUT2D eigenvalue weighted by atomic mass is 19.1. The van der Waals surface area contributed by atoms with Gasteiger partial charge in [-0.3, -0.25) is 4.79 Å². The predicted octanol–water partition coefficient (Wildman–Crippen LogP) is 1.16. The fourth-order valence-electron chi connectivity index (χ4n) is 1.47. The Hall–Kier alpha value is -2.74. The van der Waals surface area contributed by atoms with Crippen LogP contribution < -0.4 is 21.3 Å². The average molecular weight is 277 g/mol. The number of nitrogens with zero attached hydrogens (tertiary/aromatic N) is 2. The number of nitrogen functional groups attached to an aromatic ring is 1. The molecule has 0 aliphatic heterocycles. The van der Waals surface area contributed by atoms with Crippen LogP contribution in [0.3, 0.4) is 0 Å². The number of carbonyl (C=O) groups is 1. The van der Waals surface area contributed by atoms with Gasteiger partial charge in [0.25, 0.3) is 5.91 Å². The molecule has 2 rings (SSSR count). The number of hydrogen-bond donors (Lipinski definition) is 3. The van der Waals surface area contributed by atoms with E-state index in [-0.39, 0.29) is 17.1 Å². The van der Waals surface area contributed by atoms with Crippen molar-refractivity contribution < 1.29 is 13.9 Å². The van der Waals surface area contributed by atoms with Crippen LogP contribution in [0.15, 0.2) is 30.3 Å². The van der Waals surface area contributed by atoms with Gasteiger partial charge in [0, 0.05) is 11.8 Å². The highest BCUT2D eigenvalue weighted by molar-refractivity contribution is 6.02. The SMILES string of the molecule is COc1ccc(NC(=O)c2ccc(NN)nn2)cc1F. The Morgan fingerprint density at radius 3 is 2.65 bits per heavy atom. The highest BCUT2D eigenvalue weighted by Gasteiger charge is 2.10. The van der Waals surface area contributed by atoms with E-state index in [1.807, 2.05) is 0 Å². The standard InChI is InChI=1S/C12H12FN5O2/c1-20-10-4-2-7(6-8(10)13)15-12(19)9-3-5-11(16-14)18-17-9/h2-6H,14H2,1H3,(H,15,19)(H,16,18). The molecule has 0 bridgehead atoms. The quantitative estimate of drug-likeness (QED) is 0.572. The first-order valence-corrected chi connectivity index (χ1v) is 5.59. The van der Waals surface area contributed by atoms with Gasteiger partial charge >= 0.3 is 0 Å². The Bertz CT molecular complexity index is 618. The molecule has 0 unspecified atom stereocenters. The number of carbonyl (C=O) groups excluding carboxylic acids is 1. The minimum Gasteiger partial charge on any atom is -0.494 e. The number of hydrazine groups is 1. The lowest BCUT2D eigenvalue weighted by atomic mass is 10.2. The maximum absolute atomic E-state index is 13.5. The molecule has 0 atom stereocenters. The summed E-state index contributed by atoms with van der Waals surface area (Å²) in [5, 5.41) is 9.84. The third-order valence-corrected chi connectivity index (χ3v) is 2.45. The zero-order valence-electron chi connectivity index (χ0n) is 10.6. The van der Waals surface area contributed by atoms with E-state index in [1.165, 1.54) is 31.4 Å². The molecule has 104 valence electrons. The van der Waals surface area contributed by atoms with Crippen LogP contribution in [-0.4, -0.2) is 23.2 Å². The van der Waals surface area contributed by atoms with Crippen molar-refractivity contribution in [2.45, 2.75) is 0 Å². The molecule has 8 heteroatoms. The average Bonchev–Trinajstić information content (AvgIpc) is 2.47. The van der Waals surface area contributed by atoms with E-state index in [0.717, 1.165) is 6.07 Å². The molecule has 0 saturated carbocycles. The summed E-state index contributed by atoms with van der Waals surface area (Å²) in [6.07, 6.45) is 0. The lowest BCUT2D eigenvalue weighted by Gasteiger charge is -2.07. The Morgan fingerprint density at radius 2 is 2.10 bits per heavy atom. The maximum atomic E-state index is 13.5. The zero-order chi connectivity index (χ0) is 14.5. The van der Waals surface area contributed by atoms with Crippen molar-refractivity contribution in [2.24, 2.45) is 5.84 Å². The summed E-state index contributed by atoms with van der Waals surface area (Å²) in [5.74, 6) is 4.49. The molecule has 1 heterocycles. The molecule has 7 nitrogen and oxygen atoms in total. The Labute approximate surface area is 113 Å². The predicted molar refractivity (Wildman–Crippen MR) is 70.7 cm³/mol. The molecule has 0 aliphatic rings. The van der Waals surface area contributed by atoms with Crippen LogP contribution in [0.25, 0.3) is 0 Å². The number of nitrogens with two attached hydrogens (primary N) is 1. The number of halogens is 1. The molecular weight excluding hydrogens is 265 g/mol. The summed E-state index contributed by atoms with van der Waals surface area (Å²) in [6.45, 7) is 0. The van der Waals surface area contributed by atoms with E-state index in [2.05, 4.69) is 20.9 Å². The smallest absolute Gasteiger partial charge is 0.276 e. The molecule has 1 aromatic heterocycles. The van der Waals surface area contributed by atoms with Gasteiger partial charge in [-0.25, -0.2) is 10.2 Å². The van der Waals surface area contributed by atoms with E-state index < -0.39 is 11.7 Å². The largest absolute Gasteiger partial charge is 0.494 e. The van der Waals surface area contributed by atoms with Crippen LogP contribution >= 0.6 is 0 Å². The summed E-state index contributed by atoms with van der Waals surface area (Å²) < 4.78 is 18.3. The van der Waals surface area contributed by atoms with Gasteiger partial charge in [-0.2, -0.15) is 0 Å². The number of hydrogen-bond acceptors (Lipinski definition) is 6. The van der Waals surface area contributed by atoms with Crippen LogP contribution in [0.2, 0.25) is 0 Å². The van der Waals surface area contributed by atoms with Crippen molar-refractivity contribution >= 4 is 17.4 Å². The lowest BCUT2D eigenvalue weighted by Crippen LogP contribution is -2.16. The summed E-state index contributed by atoms with van der Waals surface area (Å²) in [6, 6.07) is 7.02. The third kappa shape index (κ3) is 2.98. The van der Waals surface area contributed by atoms with Gasteiger partial charge in [0.1, 0.15) is 0 Å². The number of aromatic nitrogens is 2. The molecule has 0 spiro atoms. The van der Waals surface area contributed by atoms with Crippen LogP contribution in [0, 0.1) is 5.82 Å². The molecule has 0 aliphatic carbocycles. The second kappa shape index (κ2) is 5.93. The summed E-state index contributed by atoms with van der Waals surface area (Å²) in [5.41, 5.74) is 2.67. The van der Waals surface area contributed by atoms with Gasteiger partial charge in [-0.15, -0.1) is 10.2 Å². The lowest BCUT2D eigenvalue weighted by molar-refractivity contribution is 0.102. The van der Waals surface area contributed by atoms with E-state index in [1.54, 1.807) is 0 Å². The second-order valence-corrected chi connectivity index (χ2v) is 3.75. The third-order valence-electron chi connectivity index (χ3n) is 2.45. The molecule has 4 N–H and O–H groups in total. The molecular formula is C12H12FN5O2. The number of benzene rings is 1. The van der Waals surface area contributed by atoms with Gasteiger partial charge < -0.3 is 15.5 Å². The molecule has 2 aromatic rings. The monoisotopic (exact) mass is 277 g/mol. The fourth-order valence-corrected chi connectivity index (χ4v) is 1.47. The number of methoxy groups -OCH3 is 1. The van der Waals surface area contributed by atoms with E-state index in [4.69, 9.17) is 10.6 Å². The highest BCUT2D eigenvalue weighted by Crippen LogP contribution is 2.20. The number of amides is 1. The summed E-state index contributed by atoms with van der Waals surface area (Å²) >= 11 is 0. The van der Waals surface area contributed by atoms with Crippen molar-refractivity contribution in [3.05, 3.63) is 41.8 Å². The molecule has 0 fully saturated rings. The minimum atomic E-state index is -0.570. The first-order chi connectivity index (χ1) is 9.63. The second-order valence-electron chi connectivity index (χ2n) is 3.75. The van der Waals surface area contributed by atoms with Crippen molar-refractivity contribution in [1.29, 1.82) is 0 Å². The number of rotatable bonds is 4. The van der Waals surface area contributed by atoms with E-state index in [0.29, 0.717) is 5.82 Å². The van der Waals surface area contributed by atoms with E-state index in [9.17, 15) is 9.18 Å². The Morgan fingerprint density at radius 1 is 1.30 bits per heavy atom. The van der Waals surface area contributed by atoms with Crippen molar-refractivity contribution in [1.82, 2.24) is 10.2 Å². The number of nitrogens with one attached hydrogen (secondary N) is 2. The first kappa shape index (κ1) is 13.7. The van der Waals surface area contributed by atoms with E-state index >= 15 is 0 Å². The van der Waals surface area contributed by atoms with Crippen LogP contribution in [0.4, 0.5) is 15.9 Å². The molecule has 0 saturated heterocycles. The summed E-state index contributed by atoms with van der Waals surface area (Å²) in [4.78, 5) is 11.9. The van der Waals surface area contributed by atoms with Gasteiger partial charge in [0.15, 0.2) is 23.1 Å². The van der Waals surface area contributed by atoms with Gasteiger partial charge in [0.05, 0.1) is 7.11 Å². The van der Waals surface area contributed by atoms with Crippen molar-refractivity contribution in [2.75, 3.05) is 17.9 Å². The number of anilines is 2. The maximum Gasteiger partial charge on any atom is 0.276 e. The van der Waals surface area contributed by atoms with Gasteiger partial charge in [-0.1, -0.05) is 0 Å². The zero-order valence-corrected chi connectivity index (χ0v) is 10.6. The molecule has 20 heavy (non-hydrogen) atoms. The number of ether oxygens (including phenoxy) is 1. The minimum absolute atomic E-state index is 0.0835. The van der Waals surface area contributed by atoms with Crippen molar-refractivity contribution in [3.8, 4) is 5.75 Å². The van der Waals surface area contributed by atoms with Crippen LogP contribution in [0.1, 0.15) is 10.5 Å². The van der Waals surface area contributed by atoms with Crippen LogP contribution in [0.5, 0.6) is 5.75 Å². The van der Waals surface area contributed by atoms with Crippen molar-refractivity contribution in [3.63, 3.8) is 0 Å². The molecule has 1 amide bonds. The van der Waals surface area contributed by atoms with Crippen LogP contribution in [-0.2, 0) is 0 Å². The topological polar surface area (TPSA) is 102 Å². The molecule has 0 radical (unpaired) electrons. The van der Waals surface area contributed by atoms with Gasteiger partial charge in [0.2, 0.25) is 0 Å². The molecule has 1 aromatic carbocycles.